The van der Waals surface area contributed by atoms with Crippen LogP contribution in [0.2, 0.25) is 0 Å². The van der Waals surface area contributed by atoms with Crippen molar-refractivity contribution in [3.8, 4) is 0 Å². The SMILES string of the molecule is CC(C)OC(=O)/C=C/C(=O)OCCCNS(=O)(=O)CC1CCCCC1. The molecule has 7 nitrogen and oxygen atoms in total. The van der Waals surface area contributed by atoms with Gasteiger partial charge in [-0.25, -0.2) is 22.7 Å². The normalized spacial score (nSPS) is 16.3. The third-order valence-electron chi connectivity index (χ3n) is 3.77. The molecule has 0 amide bonds. The highest BCUT2D eigenvalue weighted by Gasteiger charge is 2.20. The zero-order chi connectivity index (χ0) is 18.7. The molecule has 8 heteroatoms. The highest BCUT2D eigenvalue weighted by Crippen LogP contribution is 2.24. The number of esters is 2. The summed E-state index contributed by atoms with van der Waals surface area (Å²) in [4.78, 5) is 22.6. The largest absolute Gasteiger partial charge is 0.462 e. The average molecular weight is 375 g/mol. The Kier molecular flexibility index (Phi) is 9.74. The molecule has 0 saturated heterocycles. The summed E-state index contributed by atoms with van der Waals surface area (Å²) in [7, 11) is -3.28. The molecule has 1 rings (SSSR count). The second-order valence-electron chi connectivity index (χ2n) is 6.52. The highest BCUT2D eigenvalue weighted by atomic mass is 32.2. The predicted octanol–water partition coefficient (Wildman–Crippen LogP) is 1.93. The summed E-state index contributed by atoms with van der Waals surface area (Å²) < 4.78 is 36.2. The number of ether oxygens (including phenoxy) is 2. The Morgan fingerprint density at radius 2 is 1.76 bits per heavy atom. The van der Waals surface area contributed by atoms with Gasteiger partial charge < -0.3 is 9.47 Å². The molecule has 144 valence electrons. The lowest BCUT2D eigenvalue weighted by atomic mass is 9.91. The summed E-state index contributed by atoms with van der Waals surface area (Å²) in [6.07, 6.45) is 7.48. The van der Waals surface area contributed by atoms with Crippen molar-refractivity contribution >= 4 is 22.0 Å². The lowest BCUT2D eigenvalue weighted by Gasteiger charge is -2.21. The van der Waals surface area contributed by atoms with E-state index in [-0.39, 0.29) is 30.9 Å². The molecule has 0 bridgehead atoms. The van der Waals surface area contributed by atoms with Crippen molar-refractivity contribution in [1.29, 1.82) is 0 Å². The molecule has 25 heavy (non-hydrogen) atoms. The van der Waals surface area contributed by atoms with E-state index in [1.54, 1.807) is 13.8 Å². The molecule has 0 aromatic rings. The van der Waals surface area contributed by atoms with E-state index in [0.29, 0.717) is 6.42 Å². The Morgan fingerprint density at radius 3 is 2.40 bits per heavy atom. The summed E-state index contributed by atoms with van der Waals surface area (Å²) in [5.74, 6) is -0.846. The molecule has 0 aromatic carbocycles. The van der Waals surface area contributed by atoms with Gasteiger partial charge in [-0.05, 0) is 39.0 Å². The van der Waals surface area contributed by atoms with Gasteiger partial charge in [0.2, 0.25) is 10.0 Å². The molecule has 1 fully saturated rings. The number of nitrogens with one attached hydrogen (secondary N) is 1. The van der Waals surface area contributed by atoms with Crippen LogP contribution in [0, 0.1) is 5.92 Å². The number of carbonyl (C=O) groups is 2. The number of rotatable bonds is 10. The molecule has 1 saturated carbocycles. The Hall–Kier alpha value is -1.41. The zero-order valence-electron chi connectivity index (χ0n) is 15.0. The molecule has 0 heterocycles. The summed E-state index contributed by atoms with van der Waals surface area (Å²) in [5.41, 5.74) is 0. The summed E-state index contributed by atoms with van der Waals surface area (Å²) >= 11 is 0. The maximum absolute atomic E-state index is 12.0. The third-order valence-corrected chi connectivity index (χ3v) is 5.33. The van der Waals surface area contributed by atoms with Crippen molar-refractivity contribution in [2.75, 3.05) is 18.9 Å². The predicted molar refractivity (Wildman–Crippen MR) is 94.3 cm³/mol. The van der Waals surface area contributed by atoms with Gasteiger partial charge in [0.25, 0.3) is 0 Å². The fourth-order valence-corrected chi connectivity index (χ4v) is 4.18. The van der Waals surface area contributed by atoms with Crippen LogP contribution in [0.4, 0.5) is 0 Å². The minimum Gasteiger partial charge on any atom is -0.462 e. The molecule has 0 unspecified atom stereocenters. The van der Waals surface area contributed by atoms with Gasteiger partial charge in [0.05, 0.1) is 18.5 Å². The van der Waals surface area contributed by atoms with Gasteiger partial charge in [0.1, 0.15) is 0 Å². The molecule has 1 aliphatic carbocycles. The van der Waals surface area contributed by atoms with E-state index in [9.17, 15) is 18.0 Å². The lowest BCUT2D eigenvalue weighted by Crippen LogP contribution is -2.31. The molecule has 0 aliphatic heterocycles. The fourth-order valence-electron chi connectivity index (χ4n) is 2.65. The minimum absolute atomic E-state index is 0.0777. The smallest absolute Gasteiger partial charge is 0.331 e. The van der Waals surface area contributed by atoms with E-state index in [2.05, 4.69) is 4.72 Å². The quantitative estimate of drug-likeness (QED) is 0.356. The van der Waals surface area contributed by atoms with Gasteiger partial charge in [0.15, 0.2) is 0 Å². The zero-order valence-corrected chi connectivity index (χ0v) is 15.8. The molecular weight excluding hydrogens is 346 g/mol. The molecule has 0 radical (unpaired) electrons. The molecular formula is C17H29NO6S. The Labute approximate surface area is 150 Å². The highest BCUT2D eigenvalue weighted by molar-refractivity contribution is 7.89. The van der Waals surface area contributed by atoms with E-state index < -0.39 is 22.0 Å². The number of sulfonamides is 1. The average Bonchev–Trinajstić information content (AvgIpc) is 2.52. The molecule has 0 spiro atoms. The van der Waals surface area contributed by atoms with Crippen molar-refractivity contribution in [2.24, 2.45) is 5.92 Å². The minimum atomic E-state index is -3.28. The maximum Gasteiger partial charge on any atom is 0.331 e. The van der Waals surface area contributed by atoms with Crippen LogP contribution in [-0.2, 0) is 29.1 Å². The van der Waals surface area contributed by atoms with Crippen molar-refractivity contribution in [3.05, 3.63) is 12.2 Å². The first-order valence-corrected chi connectivity index (χ1v) is 10.5. The van der Waals surface area contributed by atoms with E-state index in [1.165, 1.54) is 6.42 Å². The van der Waals surface area contributed by atoms with Crippen LogP contribution >= 0.6 is 0 Å². The molecule has 0 atom stereocenters. The first-order chi connectivity index (χ1) is 11.8. The van der Waals surface area contributed by atoms with E-state index >= 15 is 0 Å². The van der Waals surface area contributed by atoms with Crippen molar-refractivity contribution in [1.82, 2.24) is 4.72 Å². The number of hydrogen-bond acceptors (Lipinski definition) is 6. The fraction of sp³-hybridized carbons (Fsp3) is 0.765. The van der Waals surface area contributed by atoms with Crippen LogP contribution in [-0.4, -0.2) is 45.4 Å². The van der Waals surface area contributed by atoms with Crippen LogP contribution in [0.5, 0.6) is 0 Å². The first-order valence-electron chi connectivity index (χ1n) is 8.81. The second-order valence-corrected chi connectivity index (χ2v) is 8.37. The summed E-state index contributed by atoms with van der Waals surface area (Å²) in [6, 6.07) is 0. The molecule has 1 aliphatic rings. The summed E-state index contributed by atoms with van der Waals surface area (Å²) in [6.45, 7) is 3.72. The van der Waals surface area contributed by atoms with Crippen LogP contribution in [0.3, 0.4) is 0 Å². The topological polar surface area (TPSA) is 98.8 Å². The van der Waals surface area contributed by atoms with Gasteiger partial charge in [-0.15, -0.1) is 0 Å². The summed E-state index contributed by atoms with van der Waals surface area (Å²) in [5, 5.41) is 0. The first kappa shape index (κ1) is 21.6. The Bertz CT molecular complexity index is 549. The van der Waals surface area contributed by atoms with E-state index in [0.717, 1.165) is 37.8 Å². The van der Waals surface area contributed by atoms with Crippen LogP contribution in [0.1, 0.15) is 52.4 Å². The molecule has 1 N–H and O–H groups in total. The monoisotopic (exact) mass is 375 g/mol. The Morgan fingerprint density at radius 1 is 1.12 bits per heavy atom. The van der Waals surface area contributed by atoms with E-state index in [4.69, 9.17) is 9.47 Å². The van der Waals surface area contributed by atoms with Gasteiger partial charge in [-0.1, -0.05) is 19.3 Å². The van der Waals surface area contributed by atoms with Gasteiger partial charge in [0, 0.05) is 18.7 Å². The van der Waals surface area contributed by atoms with Crippen LogP contribution in [0.25, 0.3) is 0 Å². The Balaban J connectivity index is 2.14. The van der Waals surface area contributed by atoms with Gasteiger partial charge in [-0.2, -0.15) is 0 Å². The van der Waals surface area contributed by atoms with Crippen LogP contribution < -0.4 is 4.72 Å². The van der Waals surface area contributed by atoms with Crippen molar-refractivity contribution in [2.45, 2.75) is 58.5 Å². The van der Waals surface area contributed by atoms with Crippen LogP contribution in [0.15, 0.2) is 12.2 Å². The standard InChI is InChI=1S/C17H29NO6S/c1-14(2)24-17(20)10-9-16(19)23-12-6-11-18-25(21,22)13-15-7-4-3-5-8-15/h9-10,14-15,18H,3-8,11-13H2,1-2H3/b10-9+. The van der Waals surface area contributed by atoms with Gasteiger partial charge in [-0.3, -0.25) is 0 Å². The van der Waals surface area contributed by atoms with E-state index in [1.807, 2.05) is 0 Å². The van der Waals surface area contributed by atoms with Crippen molar-refractivity contribution in [3.63, 3.8) is 0 Å². The number of carbonyl (C=O) groups excluding carboxylic acids is 2. The van der Waals surface area contributed by atoms with Crippen molar-refractivity contribution < 1.29 is 27.5 Å². The number of hydrogen-bond donors (Lipinski definition) is 1. The maximum atomic E-state index is 12.0. The van der Waals surface area contributed by atoms with Gasteiger partial charge >= 0.3 is 11.9 Å². The lowest BCUT2D eigenvalue weighted by molar-refractivity contribution is -0.142. The second kappa shape index (κ2) is 11.3. The third kappa shape index (κ3) is 10.9. The molecule has 0 aromatic heterocycles.